The van der Waals surface area contributed by atoms with Crippen molar-refractivity contribution in [2.75, 3.05) is 4.72 Å². The van der Waals surface area contributed by atoms with Gasteiger partial charge in [0.25, 0.3) is 0 Å². The molecule has 1 N–H and O–H groups in total. The summed E-state index contributed by atoms with van der Waals surface area (Å²) in [7, 11) is -3.47. The van der Waals surface area contributed by atoms with Gasteiger partial charge in [-0.2, -0.15) is 0 Å². The number of nitrogens with one attached hydrogen (secondary N) is 1. The standard InChI is InChI=1S/C12H17N3O3S/c1-11(2,8-16)9-4-7-13-10(14-9)15-19(17,18)12(3)5-6-12/h4,7-8H,5-6H2,1-3H3,(H,13,14,15). The van der Waals surface area contributed by atoms with Gasteiger partial charge in [-0.15, -0.1) is 0 Å². The summed E-state index contributed by atoms with van der Waals surface area (Å²) in [5, 5.41) is 0. The lowest BCUT2D eigenvalue weighted by molar-refractivity contribution is -0.111. The quantitative estimate of drug-likeness (QED) is 0.821. The first kappa shape index (κ1) is 13.9. The van der Waals surface area contributed by atoms with Crippen LogP contribution in [0.15, 0.2) is 12.3 Å². The number of carbonyl (C=O) groups excluding carboxylic acids is 1. The number of carbonyl (C=O) groups is 1. The Morgan fingerprint density at radius 2 is 2.05 bits per heavy atom. The largest absolute Gasteiger partial charge is 0.302 e. The molecule has 104 valence electrons. The lowest BCUT2D eigenvalue weighted by Gasteiger charge is -2.17. The average Bonchev–Trinajstić information content (AvgIpc) is 3.09. The average molecular weight is 283 g/mol. The molecule has 1 aliphatic rings. The summed E-state index contributed by atoms with van der Waals surface area (Å²) in [6, 6.07) is 1.60. The van der Waals surface area contributed by atoms with Gasteiger partial charge in [-0.25, -0.2) is 18.4 Å². The van der Waals surface area contributed by atoms with Crippen LogP contribution in [0.3, 0.4) is 0 Å². The molecule has 1 fully saturated rings. The van der Waals surface area contributed by atoms with Crippen molar-refractivity contribution in [3.05, 3.63) is 18.0 Å². The van der Waals surface area contributed by atoms with Crippen LogP contribution < -0.4 is 4.72 Å². The molecular formula is C12H17N3O3S. The molecular weight excluding hydrogens is 266 g/mol. The third kappa shape index (κ3) is 2.60. The van der Waals surface area contributed by atoms with Gasteiger partial charge in [0.2, 0.25) is 16.0 Å². The number of sulfonamides is 1. The Bertz CT molecular complexity index is 606. The van der Waals surface area contributed by atoms with Crippen LogP contribution in [0, 0.1) is 0 Å². The molecule has 2 rings (SSSR count). The third-order valence-corrected chi connectivity index (χ3v) is 5.60. The van der Waals surface area contributed by atoms with Gasteiger partial charge in [0.1, 0.15) is 6.29 Å². The zero-order valence-corrected chi connectivity index (χ0v) is 12.0. The predicted octanol–water partition coefficient (Wildman–Crippen LogP) is 1.25. The fraction of sp³-hybridized carbons (Fsp3) is 0.583. The van der Waals surface area contributed by atoms with E-state index in [2.05, 4.69) is 14.7 Å². The van der Waals surface area contributed by atoms with E-state index < -0.39 is 20.2 Å². The van der Waals surface area contributed by atoms with Crippen molar-refractivity contribution in [1.29, 1.82) is 0 Å². The van der Waals surface area contributed by atoms with E-state index in [0.29, 0.717) is 18.5 Å². The summed E-state index contributed by atoms with van der Waals surface area (Å²) in [5.41, 5.74) is -0.289. The topological polar surface area (TPSA) is 89.0 Å². The van der Waals surface area contributed by atoms with Crippen molar-refractivity contribution in [3.63, 3.8) is 0 Å². The highest BCUT2D eigenvalue weighted by molar-refractivity contribution is 7.94. The van der Waals surface area contributed by atoms with E-state index in [9.17, 15) is 13.2 Å². The van der Waals surface area contributed by atoms with Gasteiger partial charge < -0.3 is 4.79 Å². The summed E-state index contributed by atoms with van der Waals surface area (Å²) in [5.74, 6) is 0.0144. The maximum absolute atomic E-state index is 12.1. The first-order valence-corrected chi connectivity index (χ1v) is 7.51. The second-order valence-electron chi connectivity index (χ2n) is 5.66. The molecule has 1 aromatic rings. The van der Waals surface area contributed by atoms with Crippen LogP contribution in [0.4, 0.5) is 5.95 Å². The zero-order valence-electron chi connectivity index (χ0n) is 11.2. The number of hydrogen-bond donors (Lipinski definition) is 1. The molecule has 0 bridgehead atoms. The Balaban J connectivity index is 2.28. The molecule has 0 atom stereocenters. The molecule has 0 amide bonds. The molecule has 1 saturated carbocycles. The predicted molar refractivity (Wildman–Crippen MR) is 71.3 cm³/mol. The Labute approximate surface area is 112 Å². The van der Waals surface area contributed by atoms with Crippen LogP contribution in [0.1, 0.15) is 39.3 Å². The highest BCUT2D eigenvalue weighted by Gasteiger charge is 2.50. The lowest BCUT2D eigenvalue weighted by atomic mass is 9.91. The number of nitrogens with zero attached hydrogens (tertiary/aromatic N) is 2. The van der Waals surface area contributed by atoms with Crippen LogP contribution in [-0.2, 0) is 20.2 Å². The minimum absolute atomic E-state index is 0.0144. The van der Waals surface area contributed by atoms with Gasteiger partial charge in [0.15, 0.2) is 0 Å². The Hall–Kier alpha value is -1.50. The van der Waals surface area contributed by atoms with Crippen LogP contribution in [-0.4, -0.2) is 29.4 Å². The first-order chi connectivity index (χ1) is 8.70. The molecule has 0 spiro atoms. The summed E-state index contributed by atoms with van der Waals surface area (Å²) in [6.45, 7) is 5.11. The first-order valence-electron chi connectivity index (χ1n) is 6.02. The third-order valence-electron chi connectivity index (χ3n) is 3.44. The maximum atomic E-state index is 12.1. The fourth-order valence-corrected chi connectivity index (χ4v) is 2.74. The molecule has 19 heavy (non-hydrogen) atoms. The minimum Gasteiger partial charge on any atom is -0.302 e. The van der Waals surface area contributed by atoms with E-state index in [1.54, 1.807) is 26.8 Å². The highest BCUT2D eigenvalue weighted by atomic mass is 32.2. The summed E-state index contributed by atoms with van der Waals surface area (Å²) in [6.07, 6.45) is 3.50. The summed E-state index contributed by atoms with van der Waals surface area (Å²) in [4.78, 5) is 19.0. The van der Waals surface area contributed by atoms with E-state index in [0.717, 1.165) is 6.29 Å². The van der Waals surface area contributed by atoms with Crippen molar-refractivity contribution in [3.8, 4) is 0 Å². The number of hydrogen-bond acceptors (Lipinski definition) is 5. The molecule has 1 aromatic heterocycles. The Morgan fingerprint density at radius 1 is 1.42 bits per heavy atom. The summed E-state index contributed by atoms with van der Waals surface area (Å²) >= 11 is 0. The summed E-state index contributed by atoms with van der Waals surface area (Å²) < 4.78 is 25.8. The maximum Gasteiger partial charge on any atom is 0.240 e. The van der Waals surface area contributed by atoms with E-state index in [1.165, 1.54) is 6.20 Å². The molecule has 0 aliphatic heterocycles. The molecule has 1 heterocycles. The van der Waals surface area contributed by atoms with Crippen LogP contribution in [0.25, 0.3) is 0 Å². The van der Waals surface area contributed by atoms with E-state index in [4.69, 9.17) is 0 Å². The smallest absolute Gasteiger partial charge is 0.240 e. The minimum atomic E-state index is -3.47. The normalized spacial score (nSPS) is 17.8. The number of rotatable bonds is 5. The Morgan fingerprint density at radius 3 is 2.58 bits per heavy atom. The van der Waals surface area contributed by atoms with Crippen LogP contribution in [0.2, 0.25) is 0 Å². The fourth-order valence-electron chi connectivity index (χ4n) is 1.52. The number of aromatic nitrogens is 2. The van der Waals surface area contributed by atoms with Gasteiger partial charge in [-0.1, -0.05) is 0 Å². The van der Waals surface area contributed by atoms with Crippen molar-refractivity contribution >= 4 is 22.3 Å². The van der Waals surface area contributed by atoms with Gasteiger partial charge in [-0.05, 0) is 39.7 Å². The van der Waals surface area contributed by atoms with Crippen molar-refractivity contribution < 1.29 is 13.2 Å². The number of aldehydes is 1. The van der Waals surface area contributed by atoms with E-state index >= 15 is 0 Å². The number of anilines is 1. The van der Waals surface area contributed by atoms with Gasteiger partial charge in [0.05, 0.1) is 15.9 Å². The molecule has 0 radical (unpaired) electrons. The lowest BCUT2D eigenvalue weighted by Crippen LogP contribution is -2.28. The van der Waals surface area contributed by atoms with E-state index in [1.807, 2.05) is 0 Å². The molecule has 6 nitrogen and oxygen atoms in total. The van der Waals surface area contributed by atoms with Gasteiger partial charge in [-0.3, -0.25) is 4.72 Å². The molecule has 7 heteroatoms. The van der Waals surface area contributed by atoms with Gasteiger partial charge in [0, 0.05) is 6.20 Å². The highest BCUT2D eigenvalue weighted by Crippen LogP contribution is 2.43. The van der Waals surface area contributed by atoms with Gasteiger partial charge >= 0.3 is 0 Å². The van der Waals surface area contributed by atoms with Crippen LogP contribution >= 0.6 is 0 Å². The van der Waals surface area contributed by atoms with Crippen molar-refractivity contribution in [2.24, 2.45) is 0 Å². The van der Waals surface area contributed by atoms with Crippen LogP contribution in [0.5, 0.6) is 0 Å². The molecule has 0 unspecified atom stereocenters. The molecule has 0 saturated heterocycles. The monoisotopic (exact) mass is 283 g/mol. The van der Waals surface area contributed by atoms with Crippen molar-refractivity contribution in [2.45, 2.75) is 43.8 Å². The van der Waals surface area contributed by atoms with E-state index in [-0.39, 0.29) is 5.95 Å². The SMILES string of the molecule is CC(C)(C=O)c1ccnc(NS(=O)(=O)C2(C)CC2)n1. The van der Waals surface area contributed by atoms with Crippen molar-refractivity contribution in [1.82, 2.24) is 9.97 Å². The second-order valence-corrected chi connectivity index (χ2v) is 7.86. The zero-order chi connectivity index (χ0) is 14.3. The molecule has 1 aliphatic carbocycles. The Kier molecular flexibility index (Phi) is 3.12. The molecule has 0 aromatic carbocycles. The second kappa shape index (κ2) is 4.26.